The lowest BCUT2D eigenvalue weighted by atomic mass is 10.1. The lowest BCUT2D eigenvalue weighted by molar-refractivity contribution is -0.134. The molecule has 1 fully saturated rings. The lowest BCUT2D eigenvalue weighted by Gasteiger charge is -2.25. The number of carbonyl (C=O) groups excluding carboxylic acids is 1. The Labute approximate surface area is 166 Å². The summed E-state index contributed by atoms with van der Waals surface area (Å²) in [5.41, 5.74) is 1.43. The van der Waals surface area contributed by atoms with Crippen molar-refractivity contribution in [1.82, 2.24) is 10.2 Å². The molecular formula is C22H27ClN2O2. The summed E-state index contributed by atoms with van der Waals surface area (Å²) in [6, 6.07) is 15.5. The average Bonchev–Trinajstić information content (AvgIpc) is 3.15. The van der Waals surface area contributed by atoms with Crippen LogP contribution in [0, 0.1) is 0 Å². The first-order chi connectivity index (χ1) is 12.9. The van der Waals surface area contributed by atoms with E-state index in [0.29, 0.717) is 17.3 Å². The van der Waals surface area contributed by atoms with Gasteiger partial charge in [-0.2, -0.15) is 0 Å². The van der Waals surface area contributed by atoms with Crippen molar-refractivity contribution in [3.63, 3.8) is 0 Å². The zero-order chi connectivity index (χ0) is 19.3. The fourth-order valence-corrected chi connectivity index (χ4v) is 3.33. The summed E-state index contributed by atoms with van der Waals surface area (Å²) in [4.78, 5) is 15.0. The molecule has 0 atom stereocenters. The van der Waals surface area contributed by atoms with Crippen molar-refractivity contribution < 1.29 is 9.53 Å². The number of rotatable bonds is 7. The Kier molecular flexibility index (Phi) is 6.40. The summed E-state index contributed by atoms with van der Waals surface area (Å²) in [5, 5.41) is 3.60. The van der Waals surface area contributed by atoms with Crippen LogP contribution in [0.5, 0.6) is 5.75 Å². The van der Waals surface area contributed by atoms with E-state index in [2.05, 4.69) is 34.5 Å². The van der Waals surface area contributed by atoms with Crippen LogP contribution in [0.4, 0.5) is 0 Å². The Bertz CT molecular complexity index is 751. The van der Waals surface area contributed by atoms with E-state index in [4.69, 9.17) is 16.3 Å². The van der Waals surface area contributed by atoms with Crippen molar-refractivity contribution in [2.45, 2.75) is 45.4 Å². The smallest absolute Gasteiger partial charge is 0.263 e. The van der Waals surface area contributed by atoms with Gasteiger partial charge in [-0.15, -0.1) is 0 Å². The minimum absolute atomic E-state index is 0.154. The highest BCUT2D eigenvalue weighted by Gasteiger charge is 2.29. The van der Waals surface area contributed by atoms with Gasteiger partial charge in [0.25, 0.3) is 5.91 Å². The molecule has 4 nitrogen and oxygen atoms in total. The van der Waals surface area contributed by atoms with Crippen molar-refractivity contribution in [1.29, 1.82) is 0 Å². The second-order valence-electron chi connectivity index (χ2n) is 7.55. The van der Waals surface area contributed by atoms with Crippen LogP contribution in [0.15, 0.2) is 48.5 Å². The molecular weight excluding hydrogens is 360 g/mol. The standard InChI is InChI=1S/C22H27ClN2O2/c1-22(2,27-20-11-9-19(23)10-12-20)21(26)24-15-17-5-7-18(8-6-17)16-25-13-3-4-14-25/h5-12H,3-4,13-16H2,1-2H3,(H,24,26). The number of ether oxygens (including phenoxy) is 1. The van der Waals surface area contributed by atoms with Crippen LogP contribution in [-0.4, -0.2) is 29.5 Å². The van der Waals surface area contributed by atoms with Gasteiger partial charge in [-0.05, 0) is 75.2 Å². The Morgan fingerprint density at radius 2 is 1.63 bits per heavy atom. The van der Waals surface area contributed by atoms with E-state index in [1.807, 2.05) is 0 Å². The predicted molar refractivity (Wildman–Crippen MR) is 109 cm³/mol. The number of hydrogen-bond donors (Lipinski definition) is 1. The molecule has 0 bridgehead atoms. The predicted octanol–water partition coefficient (Wildman–Crippen LogP) is 4.41. The molecule has 5 heteroatoms. The van der Waals surface area contributed by atoms with Crippen LogP contribution < -0.4 is 10.1 Å². The zero-order valence-electron chi connectivity index (χ0n) is 16.0. The molecule has 27 heavy (non-hydrogen) atoms. The van der Waals surface area contributed by atoms with Gasteiger partial charge in [-0.25, -0.2) is 0 Å². The van der Waals surface area contributed by atoms with Crippen LogP contribution in [0.1, 0.15) is 37.8 Å². The molecule has 0 saturated carbocycles. The van der Waals surface area contributed by atoms with Gasteiger partial charge in [-0.1, -0.05) is 35.9 Å². The number of halogens is 1. The second-order valence-corrected chi connectivity index (χ2v) is 7.99. The SMILES string of the molecule is CC(C)(Oc1ccc(Cl)cc1)C(=O)NCc1ccc(CN2CCCC2)cc1. The summed E-state index contributed by atoms with van der Waals surface area (Å²) in [7, 11) is 0. The van der Waals surface area contributed by atoms with E-state index in [0.717, 1.165) is 12.1 Å². The molecule has 3 rings (SSSR count). The van der Waals surface area contributed by atoms with Gasteiger partial charge >= 0.3 is 0 Å². The summed E-state index contributed by atoms with van der Waals surface area (Å²) < 4.78 is 5.82. The molecule has 1 amide bonds. The number of amides is 1. The largest absolute Gasteiger partial charge is 0.478 e. The van der Waals surface area contributed by atoms with Crippen LogP contribution in [0.25, 0.3) is 0 Å². The van der Waals surface area contributed by atoms with Crippen molar-refractivity contribution in [3.8, 4) is 5.75 Å². The van der Waals surface area contributed by atoms with Crippen LogP contribution in [0.2, 0.25) is 5.02 Å². The van der Waals surface area contributed by atoms with E-state index in [1.165, 1.54) is 31.5 Å². The number of nitrogens with zero attached hydrogens (tertiary/aromatic N) is 1. The van der Waals surface area contributed by atoms with Crippen molar-refractivity contribution >= 4 is 17.5 Å². The lowest BCUT2D eigenvalue weighted by Crippen LogP contribution is -2.46. The minimum atomic E-state index is -0.969. The van der Waals surface area contributed by atoms with Crippen LogP contribution >= 0.6 is 11.6 Å². The van der Waals surface area contributed by atoms with E-state index in [9.17, 15) is 4.79 Å². The summed E-state index contributed by atoms with van der Waals surface area (Å²) in [6.45, 7) is 7.40. The van der Waals surface area contributed by atoms with Gasteiger partial charge in [0.05, 0.1) is 0 Å². The third-order valence-corrected chi connectivity index (χ3v) is 5.07. The van der Waals surface area contributed by atoms with Gasteiger partial charge in [0.2, 0.25) is 0 Å². The zero-order valence-corrected chi connectivity index (χ0v) is 16.8. The van der Waals surface area contributed by atoms with Gasteiger partial charge in [-0.3, -0.25) is 9.69 Å². The average molecular weight is 387 g/mol. The number of likely N-dealkylation sites (tertiary alicyclic amines) is 1. The highest BCUT2D eigenvalue weighted by molar-refractivity contribution is 6.30. The van der Waals surface area contributed by atoms with Crippen LogP contribution in [-0.2, 0) is 17.9 Å². The van der Waals surface area contributed by atoms with Crippen molar-refractivity contribution in [3.05, 3.63) is 64.7 Å². The molecule has 0 aliphatic carbocycles. The molecule has 1 N–H and O–H groups in total. The van der Waals surface area contributed by atoms with Crippen molar-refractivity contribution in [2.24, 2.45) is 0 Å². The number of nitrogens with one attached hydrogen (secondary N) is 1. The molecule has 1 aliphatic heterocycles. The normalized spacial score (nSPS) is 14.9. The van der Waals surface area contributed by atoms with Gasteiger partial charge in [0.15, 0.2) is 5.60 Å². The quantitative estimate of drug-likeness (QED) is 0.766. The molecule has 0 aromatic heterocycles. The Morgan fingerprint density at radius 3 is 2.26 bits per heavy atom. The molecule has 0 unspecified atom stereocenters. The molecule has 1 aliphatic rings. The number of hydrogen-bond acceptors (Lipinski definition) is 3. The van der Waals surface area contributed by atoms with E-state index in [1.54, 1.807) is 38.1 Å². The van der Waals surface area contributed by atoms with Crippen LogP contribution in [0.3, 0.4) is 0 Å². The molecule has 2 aromatic carbocycles. The maximum absolute atomic E-state index is 12.5. The van der Waals surface area contributed by atoms with Gasteiger partial charge in [0.1, 0.15) is 5.75 Å². The summed E-state index contributed by atoms with van der Waals surface area (Å²) in [5.74, 6) is 0.462. The first-order valence-electron chi connectivity index (χ1n) is 9.45. The van der Waals surface area contributed by atoms with E-state index < -0.39 is 5.60 Å². The summed E-state index contributed by atoms with van der Waals surface area (Å²) in [6.07, 6.45) is 2.61. The van der Waals surface area contributed by atoms with Gasteiger partial charge < -0.3 is 10.1 Å². The maximum Gasteiger partial charge on any atom is 0.263 e. The first-order valence-corrected chi connectivity index (χ1v) is 9.83. The van der Waals surface area contributed by atoms with E-state index in [-0.39, 0.29) is 5.91 Å². The van der Waals surface area contributed by atoms with Gasteiger partial charge in [0, 0.05) is 18.1 Å². The summed E-state index contributed by atoms with van der Waals surface area (Å²) >= 11 is 5.88. The number of carbonyl (C=O) groups is 1. The number of benzene rings is 2. The highest BCUT2D eigenvalue weighted by Crippen LogP contribution is 2.21. The monoisotopic (exact) mass is 386 g/mol. The Balaban J connectivity index is 1.50. The molecule has 144 valence electrons. The molecule has 1 heterocycles. The van der Waals surface area contributed by atoms with Crippen molar-refractivity contribution in [2.75, 3.05) is 13.1 Å². The molecule has 0 spiro atoms. The Morgan fingerprint density at radius 1 is 1.04 bits per heavy atom. The minimum Gasteiger partial charge on any atom is -0.478 e. The molecule has 0 radical (unpaired) electrons. The third kappa shape index (κ3) is 5.72. The molecule has 1 saturated heterocycles. The Hall–Kier alpha value is -2.04. The third-order valence-electron chi connectivity index (χ3n) is 4.81. The second kappa shape index (κ2) is 8.77. The first kappa shape index (κ1) is 19.7. The highest BCUT2D eigenvalue weighted by atomic mass is 35.5. The topological polar surface area (TPSA) is 41.6 Å². The van der Waals surface area contributed by atoms with E-state index >= 15 is 0 Å². The fourth-order valence-electron chi connectivity index (χ4n) is 3.20. The fraction of sp³-hybridized carbons (Fsp3) is 0.409. The molecule has 2 aromatic rings. The maximum atomic E-state index is 12.5.